The Balaban J connectivity index is 1.78. The van der Waals surface area contributed by atoms with E-state index in [1.54, 1.807) is 17.4 Å². The summed E-state index contributed by atoms with van der Waals surface area (Å²) in [5, 5.41) is 6.40. The molecule has 0 spiro atoms. The van der Waals surface area contributed by atoms with E-state index in [0.717, 1.165) is 30.1 Å². The van der Waals surface area contributed by atoms with Gasteiger partial charge in [-0.1, -0.05) is 6.07 Å². The quantitative estimate of drug-likeness (QED) is 0.825. The lowest BCUT2D eigenvalue weighted by atomic mass is 10.1. The molecule has 0 unspecified atom stereocenters. The van der Waals surface area contributed by atoms with E-state index in [0.29, 0.717) is 0 Å². The maximum absolute atomic E-state index is 12.9. The van der Waals surface area contributed by atoms with Crippen molar-refractivity contribution in [1.29, 1.82) is 0 Å². The predicted molar refractivity (Wildman–Crippen MR) is 68.7 cm³/mol. The van der Waals surface area contributed by atoms with Crippen LogP contribution >= 0.6 is 11.3 Å². The number of hydrogen-bond acceptors (Lipinski definition) is 3. The van der Waals surface area contributed by atoms with Crippen molar-refractivity contribution in [3.05, 3.63) is 51.7 Å². The van der Waals surface area contributed by atoms with E-state index in [2.05, 4.69) is 10.3 Å². The van der Waals surface area contributed by atoms with Crippen LogP contribution in [0.4, 0.5) is 4.39 Å². The minimum absolute atomic E-state index is 0.165. The molecule has 90 valence electrons. The SMILES string of the molecule is Cc1cc(F)ccc1CCNCc1nccs1. The number of hydrogen-bond donors (Lipinski definition) is 1. The first-order valence-corrected chi connectivity index (χ1v) is 6.48. The van der Waals surface area contributed by atoms with Crippen molar-refractivity contribution in [2.75, 3.05) is 6.54 Å². The third kappa shape index (κ3) is 3.61. The minimum Gasteiger partial charge on any atom is -0.310 e. The van der Waals surface area contributed by atoms with Crippen LogP contribution in [0.2, 0.25) is 0 Å². The fourth-order valence-corrected chi connectivity index (χ4v) is 2.28. The van der Waals surface area contributed by atoms with Gasteiger partial charge < -0.3 is 5.32 Å². The van der Waals surface area contributed by atoms with Crippen LogP contribution in [0, 0.1) is 12.7 Å². The molecule has 0 bridgehead atoms. The average Bonchev–Trinajstić information content (AvgIpc) is 2.79. The van der Waals surface area contributed by atoms with Crippen molar-refractivity contribution < 1.29 is 4.39 Å². The van der Waals surface area contributed by atoms with Crippen molar-refractivity contribution in [3.8, 4) is 0 Å². The summed E-state index contributed by atoms with van der Waals surface area (Å²) in [7, 11) is 0. The summed E-state index contributed by atoms with van der Waals surface area (Å²) in [6.45, 7) is 3.63. The van der Waals surface area contributed by atoms with Crippen LogP contribution in [0.3, 0.4) is 0 Å². The van der Waals surface area contributed by atoms with Crippen molar-refractivity contribution in [2.45, 2.75) is 19.9 Å². The van der Waals surface area contributed by atoms with Gasteiger partial charge in [-0.25, -0.2) is 9.37 Å². The lowest BCUT2D eigenvalue weighted by molar-refractivity contribution is 0.624. The molecule has 0 saturated heterocycles. The summed E-state index contributed by atoms with van der Waals surface area (Å²) in [5.41, 5.74) is 2.21. The van der Waals surface area contributed by atoms with Gasteiger partial charge in [0.15, 0.2) is 0 Å². The van der Waals surface area contributed by atoms with Crippen molar-refractivity contribution in [3.63, 3.8) is 0 Å². The van der Waals surface area contributed by atoms with Gasteiger partial charge in [0.05, 0.1) is 0 Å². The van der Waals surface area contributed by atoms with E-state index < -0.39 is 0 Å². The zero-order valence-corrected chi connectivity index (χ0v) is 10.6. The smallest absolute Gasteiger partial charge is 0.123 e. The lowest BCUT2D eigenvalue weighted by Gasteiger charge is -2.06. The Morgan fingerprint density at radius 3 is 3.00 bits per heavy atom. The Morgan fingerprint density at radius 1 is 1.41 bits per heavy atom. The summed E-state index contributed by atoms with van der Waals surface area (Å²) >= 11 is 1.65. The number of rotatable bonds is 5. The summed E-state index contributed by atoms with van der Waals surface area (Å²) in [6, 6.07) is 4.95. The zero-order valence-electron chi connectivity index (χ0n) is 9.74. The highest BCUT2D eigenvalue weighted by Gasteiger charge is 2.00. The summed E-state index contributed by atoms with van der Waals surface area (Å²) in [6.07, 6.45) is 2.73. The molecule has 1 N–H and O–H groups in total. The fourth-order valence-electron chi connectivity index (χ4n) is 1.70. The molecule has 0 aliphatic carbocycles. The van der Waals surface area contributed by atoms with E-state index in [-0.39, 0.29) is 5.82 Å². The molecule has 17 heavy (non-hydrogen) atoms. The molecule has 2 nitrogen and oxygen atoms in total. The van der Waals surface area contributed by atoms with Gasteiger partial charge in [0.25, 0.3) is 0 Å². The second-order valence-electron chi connectivity index (χ2n) is 3.92. The molecule has 2 aromatic rings. The standard InChI is InChI=1S/C13H15FN2S/c1-10-8-12(14)3-2-11(10)4-5-15-9-13-16-6-7-17-13/h2-3,6-8,15H,4-5,9H2,1H3. The molecule has 1 heterocycles. The number of thiazole rings is 1. The Hall–Kier alpha value is -1.26. The average molecular weight is 250 g/mol. The van der Waals surface area contributed by atoms with E-state index >= 15 is 0 Å². The van der Waals surface area contributed by atoms with E-state index in [1.165, 1.54) is 11.6 Å². The first-order valence-electron chi connectivity index (χ1n) is 5.60. The molecule has 0 saturated carbocycles. The summed E-state index contributed by atoms with van der Waals surface area (Å²) in [5.74, 6) is -0.165. The largest absolute Gasteiger partial charge is 0.310 e. The van der Waals surface area contributed by atoms with Crippen LogP contribution in [0.5, 0.6) is 0 Å². The molecule has 0 atom stereocenters. The number of benzene rings is 1. The van der Waals surface area contributed by atoms with Crippen molar-refractivity contribution >= 4 is 11.3 Å². The van der Waals surface area contributed by atoms with Crippen LogP contribution in [0.1, 0.15) is 16.1 Å². The zero-order chi connectivity index (χ0) is 12.1. The number of aromatic nitrogens is 1. The topological polar surface area (TPSA) is 24.9 Å². The van der Waals surface area contributed by atoms with E-state index in [9.17, 15) is 4.39 Å². The van der Waals surface area contributed by atoms with Gasteiger partial charge in [0.1, 0.15) is 10.8 Å². The van der Waals surface area contributed by atoms with Crippen LogP contribution in [0.15, 0.2) is 29.8 Å². The molecule has 0 fully saturated rings. The van der Waals surface area contributed by atoms with Crippen LogP contribution in [0.25, 0.3) is 0 Å². The molecular weight excluding hydrogens is 235 g/mol. The number of nitrogens with zero attached hydrogens (tertiary/aromatic N) is 1. The van der Waals surface area contributed by atoms with Gasteiger partial charge in [0, 0.05) is 18.1 Å². The van der Waals surface area contributed by atoms with Crippen LogP contribution in [-0.2, 0) is 13.0 Å². The monoisotopic (exact) mass is 250 g/mol. The van der Waals surface area contributed by atoms with E-state index in [4.69, 9.17) is 0 Å². The maximum atomic E-state index is 12.9. The number of halogens is 1. The highest BCUT2D eigenvalue weighted by molar-refractivity contribution is 7.09. The van der Waals surface area contributed by atoms with Gasteiger partial charge >= 0.3 is 0 Å². The molecule has 1 aromatic heterocycles. The predicted octanol–water partition coefficient (Wildman–Crippen LogP) is 2.92. The van der Waals surface area contributed by atoms with Crippen LogP contribution < -0.4 is 5.32 Å². The Morgan fingerprint density at radius 2 is 2.29 bits per heavy atom. The molecule has 4 heteroatoms. The number of aryl methyl sites for hydroxylation is 1. The molecule has 0 radical (unpaired) electrons. The molecular formula is C13H15FN2S. The van der Waals surface area contributed by atoms with Gasteiger partial charge in [-0.3, -0.25) is 0 Å². The third-order valence-electron chi connectivity index (χ3n) is 2.64. The Kier molecular flexibility index (Phi) is 4.23. The number of nitrogens with one attached hydrogen (secondary N) is 1. The van der Waals surface area contributed by atoms with Crippen LogP contribution in [-0.4, -0.2) is 11.5 Å². The highest BCUT2D eigenvalue weighted by Crippen LogP contribution is 2.10. The Labute approximate surface area is 105 Å². The first-order chi connectivity index (χ1) is 8.25. The lowest BCUT2D eigenvalue weighted by Crippen LogP contribution is -2.16. The van der Waals surface area contributed by atoms with Gasteiger partial charge in [-0.05, 0) is 43.1 Å². The van der Waals surface area contributed by atoms with Gasteiger partial charge in [0.2, 0.25) is 0 Å². The Bertz CT molecular complexity index is 468. The minimum atomic E-state index is -0.165. The van der Waals surface area contributed by atoms with Gasteiger partial charge in [-0.15, -0.1) is 11.3 Å². The van der Waals surface area contributed by atoms with Crippen molar-refractivity contribution in [1.82, 2.24) is 10.3 Å². The van der Waals surface area contributed by atoms with E-state index in [1.807, 2.05) is 24.6 Å². The fraction of sp³-hybridized carbons (Fsp3) is 0.308. The molecule has 2 rings (SSSR count). The molecule has 0 amide bonds. The molecule has 1 aromatic carbocycles. The van der Waals surface area contributed by atoms with Gasteiger partial charge in [-0.2, -0.15) is 0 Å². The highest BCUT2D eigenvalue weighted by atomic mass is 32.1. The third-order valence-corrected chi connectivity index (χ3v) is 3.42. The normalized spacial score (nSPS) is 10.7. The summed E-state index contributed by atoms with van der Waals surface area (Å²) in [4.78, 5) is 4.20. The maximum Gasteiger partial charge on any atom is 0.123 e. The first kappa shape index (κ1) is 12.2. The molecule has 0 aliphatic rings. The summed E-state index contributed by atoms with van der Waals surface area (Å²) < 4.78 is 12.9. The second kappa shape index (κ2) is 5.89. The second-order valence-corrected chi connectivity index (χ2v) is 4.90. The van der Waals surface area contributed by atoms with Crippen molar-refractivity contribution in [2.24, 2.45) is 0 Å². The molecule has 0 aliphatic heterocycles.